The number of fused-ring (bicyclic) bond motifs is 2. The average Bonchev–Trinajstić information content (AvgIpc) is 2.67. The third-order valence-corrected chi connectivity index (χ3v) is 6.98. The molecule has 2 aliphatic rings. The molecule has 164 valence electrons. The Balaban J connectivity index is 0.00000256. The van der Waals surface area contributed by atoms with E-state index in [0.29, 0.717) is 12.2 Å². The number of likely N-dealkylation sites (N-methyl/N-ethyl adjacent to an activating group) is 1. The van der Waals surface area contributed by atoms with Crippen LogP contribution in [0.25, 0.3) is 0 Å². The highest BCUT2D eigenvalue weighted by molar-refractivity contribution is 7.99. The van der Waals surface area contributed by atoms with Gasteiger partial charge in [-0.05, 0) is 36.8 Å². The van der Waals surface area contributed by atoms with Crippen LogP contribution in [0.15, 0.2) is 52.3 Å². The van der Waals surface area contributed by atoms with E-state index in [-0.39, 0.29) is 24.0 Å². The van der Waals surface area contributed by atoms with Crippen LogP contribution in [-0.2, 0) is 6.18 Å². The molecular formula is C22H27F3IN3S. The molecule has 0 atom stereocenters. The first-order chi connectivity index (χ1) is 13.7. The van der Waals surface area contributed by atoms with E-state index in [2.05, 4.69) is 23.9 Å². The summed E-state index contributed by atoms with van der Waals surface area (Å²) in [5.74, 6) is 0. The minimum atomic E-state index is -4.33. The molecule has 0 unspecified atom stereocenters. The Morgan fingerprint density at radius 3 is 2.30 bits per heavy atom. The zero-order valence-electron chi connectivity index (χ0n) is 17.3. The lowest BCUT2D eigenvalue weighted by Gasteiger charge is -2.39. The highest BCUT2D eigenvalue weighted by Gasteiger charge is 2.33. The minimum Gasteiger partial charge on any atom is -1.00 e. The van der Waals surface area contributed by atoms with Crippen LogP contribution in [0.5, 0.6) is 0 Å². The van der Waals surface area contributed by atoms with Crippen LogP contribution in [0.3, 0.4) is 0 Å². The predicted molar refractivity (Wildman–Crippen MR) is 112 cm³/mol. The van der Waals surface area contributed by atoms with Crippen molar-refractivity contribution in [1.82, 2.24) is 4.90 Å². The van der Waals surface area contributed by atoms with Crippen LogP contribution in [0, 0.1) is 0 Å². The Hall–Kier alpha value is -0.970. The first kappa shape index (κ1) is 23.7. The Kier molecular flexibility index (Phi) is 7.31. The molecule has 0 amide bonds. The molecule has 0 spiro atoms. The first-order valence-electron chi connectivity index (χ1n) is 10.0. The van der Waals surface area contributed by atoms with E-state index in [1.807, 2.05) is 24.3 Å². The predicted octanol–water partition coefficient (Wildman–Crippen LogP) is 2.09. The minimum absolute atomic E-state index is 0. The van der Waals surface area contributed by atoms with E-state index in [1.165, 1.54) is 12.1 Å². The van der Waals surface area contributed by atoms with Crippen LogP contribution in [0.4, 0.5) is 24.5 Å². The molecule has 4 rings (SSSR count). The SMILES string of the molecule is C[N+]1(C)CCN(CCCN2c3ccccc3Sc3ccc(C(F)(F)F)cc32)CC1.[I-]. The molecule has 3 nitrogen and oxygen atoms in total. The van der Waals surface area contributed by atoms with Gasteiger partial charge in [0, 0.05) is 36.0 Å². The lowest BCUT2D eigenvalue weighted by atomic mass is 10.1. The van der Waals surface area contributed by atoms with Gasteiger partial charge in [0.1, 0.15) is 0 Å². The number of halogens is 4. The second kappa shape index (κ2) is 9.26. The molecule has 2 aromatic rings. The van der Waals surface area contributed by atoms with E-state index in [1.54, 1.807) is 17.8 Å². The van der Waals surface area contributed by atoms with E-state index in [9.17, 15) is 13.2 Å². The normalized spacial score (nSPS) is 18.4. The quantitative estimate of drug-likeness (QED) is 0.427. The molecule has 2 heterocycles. The van der Waals surface area contributed by atoms with Crippen molar-refractivity contribution in [3.63, 3.8) is 0 Å². The second-order valence-electron chi connectivity index (χ2n) is 8.48. The fourth-order valence-electron chi connectivity index (χ4n) is 3.97. The molecule has 1 fully saturated rings. The van der Waals surface area contributed by atoms with Crippen molar-refractivity contribution >= 4 is 23.1 Å². The molecule has 0 aromatic heterocycles. The number of hydrogen-bond acceptors (Lipinski definition) is 3. The summed E-state index contributed by atoms with van der Waals surface area (Å²) in [5, 5.41) is 0. The highest BCUT2D eigenvalue weighted by atomic mass is 127. The number of para-hydroxylation sites is 1. The molecule has 0 saturated carbocycles. The van der Waals surface area contributed by atoms with Gasteiger partial charge in [-0.25, -0.2) is 0 Å². The number of quaternary nitrogens is 1. The number of rotatable bonds is 4. The molecule has 0 N–H and O–H groups in total. The number of anilines is 2. The molecule has 2 aliphatic heterocycles. The molecule has 2 aromatic carbocycles. The Labute approximate surface area is 197 Å². The number of nitrogens with zero attached hydrogens (tertiary/aromatic N) is 3. The maximum Gasteiger partial charge on any atom is 0.416 e. The fourth-order valence-corrected chi connectivity index (χ4v) is 5.05. The molecule has 8 heteroatoms. The third-order valence-electron chi connectivity index (χ3n) is 5.85. The number of hydrogen-bond donors (Lipinski definition) is 0. The van der Waals surface area contributed by atoms with Crippen molar-refractivity contribution in [1.29, 1.82) is 0 Å². The molecule has 0 bridgehead atoms. The maximum absolute atomic E-state index is 13.3. The summed E-state index contributed by atoms with van der Waals surface area (Å²) >= 11 is 1.55. The van der Waals surface area contributed by atoms with Gasteiger partial charge < -0.3 is 33.4 Å². The van der Waals surface area contributed by atoms with Gasteiger partial charge in [-0.1, -0.05) is 23.9 Å². The van der Waals surface area contributed by atoms with Crippen LogP contribution in [0.2, 0.25) is 0 Å². The Morgan fingerprint density at radius 2 is 1.60 bits per heavy atom. The second-order valence-corrected chi connectivity index (χ2v) is 9.56. The summed E-state index contributed by atoms with van der Waals surface area (Å²) in [4.78, 5) is 6.52. The largest absolute Gasteiger partial charge is 1.00 e. The zero-order chi connectivity index (χ0) is 20.6. The van der Waals surface area contributed by atoms with Gasteiger partial charge >= 0.3 is 6.18 Å². The van der Waals surface area contributed by atoms with Gasteiger partial charge in [0.25, 0.3) is 0 Å². The Morgan fingerprint density at radius 1 is 0.933 bits per heavy atom. The van der Waals surface area contributed by atoms with Crippen LogP contribution in [0.1, 0.15) is 12.0 Å². The van der Waals surface area contributed by atoms with E-state index >= 15 is 0 Å². The summed E-state index contributed by atoms with van der Waals surface area (Å²) < 4.78 is 41.0. The molecule has 0 radical (unpaired) electrons. The van der Waals surface area contributed by atoms with Gasteiger partial charge in [0.05, 0.1) is 44.1 Å². The first-order valence-corrected chi connectivity index (χ1v) is 10.8. The summed E-state index contributed by atoms with van der Waals surface area (Å²) in [6.45, 7) is 6.12. The van der Waals surface area contributed by atoms with Crippen LogP contribution >= 0.6 is 11.8 Å². The van der Waals surface area contributed by atoms with E-state index in [4.69, 9.17) is 0 Å². The van der Waals surface area contributed by atoms with Crippen molar-refractivity contribution in [2.24, 2.45) is 0 Å². The van der Waals surface area contributed by atoms with Crippen LogP contribution in [-0.4, -0.2) is 62.7 Å². The van der Waals surface area contributed by atoms with Gasteiger partial charge in [0.15, 0.2) is 0 Å². The van der Waals surface area contributed by atoms with Gasteiger partial charge in [-0.15, -0.1) is 0 Å². The van der Waals surface area contributed by atoms with Gasteiger partial charge in [0.2, 0.25) is 0 Å². The standard InChI is InChI=1S/C22H27F3N3S.HI/c1-28(2)14-12-26(13-15-28)10-5-11-27-18-6-3-4-7-20(18)29-21-9-8-17(16-19(21)27)22(23,24)25;/h3-4,6-9,16H,5,10-15H2,1-2H3;1H/q+1;/p-1. The smallest absolute Gasteiger partial charge is 0.416 e. The third kappa shape index (κ3) is 5.26. The zero-order valence-corrected chi connectivity index (χ0v) is 20.2. The van der Waals surface area contributed by atoms with E-state index in [0.717, 1.165) is 59.1 Å². The monoisotopic (exact) mass is 549 g/mol. The van der Waals surface area contributed by atoms with Gasteiger partial charge in [-0.3, -0.25) is 4.90 Å². The summed E-state index contributed by atoms with van der Waals surface area (Å²) in [6.07, 6.45) is -3.41. The van der Waals surface area contributed by atoms with Crippen molar-refractivity contribution in [3.05, 3.63) is 48.0 Å². The Bertz CT molecular complexity index is 878. The van der Waals surface area contributed by atoms with Crippen LogP contribution < -0.4 is 28.9 Å². The van der Waals surface area contributed by atoms with Crippen molar-refractivity contribution in [2.75, 3.05) is 58.3 Å². The number of benzene rings is 2. The van der Waals surface area contributed by atoms with Gasteiger partial charge in [-0.2, -0.15) is 13.2 Å². The maximum atomic E-state index is 13.3. The summed E-state index contributed by atoms with van der Waals surface area (Å²) in [5.41, 5.74) is 1.08. The lowest BCUT2D eigenvalue weighted by Crippen LogP contribution is -3.00. The summed E-state index contributed by atoms with van der Waals surface area (Å²) in [6, 6.07) is 12.1. The van der Waals surface area contributed by atoms with Crippen molar-refractivity contribution in [3.8, 4) is 0 Å². The number of piperazine rings is 1. The van der Waals surface area contributed by atoms with Crippen molar-refractivity contribution in [2.45, 2.75) is 22.4 Å². The topological polar surface area (TPSA) is 6.48 Å². The van der Waals surface area contributed by atoms with E-state index < -0.39 is 11.7 Å². The fraction of sp³-hybridized carbons (Fsp3) is 0.455. The molecule has 0 aliphatic carbocycles. The molecular weight excluding hydrogens is 522 g/mol. The number of alkyl halides is 3. The lowest BCUT2D eigenvalue weighted by molar-refractivity contribution is -0.894. The summed E-state index contributed by atoms with van der Waals surface area (Å²) in [7, 11) is 4.52. The molecule has 30 heavy (non-hydrogen) atoms. The highest BCUT2D eigenvalue weighted by Crippen LogP contribution is 2.49. The molecule has 1 saturated heterocycles. The average molecular weight is 549 g/mol. The van der Waals surface area contributed by atoms with Crippen molar-refractivity contribution < 1.29 is 41.6 Å².